The van der Waals surface area contributed by atoms with Crippen LogP contribution < -0.4 is 16.2 Å². The first-order valence-electron chi connectivity index (χ1n) is 7.47. The van der Waals surface area contributed by atoms with Crippen molar-refractivity contribution in [3.63, 3.8) is 0 Å². The molecule has 1 aliphatic heterocycles. The average Bonchev–Trinajstić information content (AvgIpc) is 2.48. The Morgan fingerprint density at radius 3 is 2.70 bits per heavy atom. The minimum atomic E-state index is -0.864. The van der Waals surface area contributed by atoms with Crippen LogP contribution in [0.3, 0.4) is 0 Å². The lowest BCUT2D eigenvalue weighted by Gasteiger charge is -2.31. The molecule has 0 aliphatic carbocycles. The van der Waals surface area contributed by atoms with Crippen LogP contribution in [0.2, 0.25) is 0 Å². The van der Waals surface area contributed by atoms with Crippen molar-refractivity contribution >= 4 is 23.6 Å². The zero-order valence-electron chi connectivity index (χ0n) is 13.3. The maximum absolute atomic E-state index is 12.1. The molecule has 0 radical (unpaired) electrons. The Hall–Kier alpha value is -2.57. The number of nitrogens with two attached hydrogens (primary N) is 1. The smallest absolute Gasteiger partial charge is 0.427 e. The second-order valence-electron chi connectivity index (χ2n) is 6.09. The number of anilines is 1. The van der Waals surface area contributed by atoms with Crippen molar-refractivity contribution in [2.75, 3.05) is 5.01 Å². The number of hydrogen-bond acceptors (Lipinski definition) is 4. The Kier molecular flexibility index (Phi) is 4.88. The normalized spacial score (nSPS) is 14.2. The van der Waals surface area contributed by atoms with Crippen LogP contribution in [0.15, 0.2) is 24.3 Å². The van der Waals surface area contributed by atoms with Crippen LogP contribution in [0.1, 0.15) is 38.7 Å². The molecule has 7 heteroatoms. The van der Waals surface area contributed by atoms with E-state index in [9.17, 15) is 14.4 Å². The molecule has 7 nitrogen and oxygen atoms in total. The molecule has 2 rings (SSSR count). The third-order valence-electron chi connectivity index (χ3n) is 3.64. The van der Waals surface area contributed by atoms with Crippen LogP contribution in [-0.2, 0) is 20.7 Å². The van der Waals surface area contributed by atoms with Gasteiger partial charge in [-0.05, 0) is 38.3 Å². The topological polar surface area (TPSA) is 102 Å². The molecular formula is C16H21N3O4. The van der Waals surface area contributed by atoms with Gasteiger partial charge in [-0.3, -0.25) is 9.59 Å². The van der Waals surface area contributed by atoms with E-state index >= 15 is 0 Å². The van der Waals surface area contributed by atoms with Crippen molar-refractivity contribution in [3.05, 3.63) is 29.8 Å². The second kappa shape index (κ2) is 6.68. The molecule has 124 valence electrons. The minimum absolute atomic E-state index is 0.117. The summed E-state index contributed by atoms with van der Waals surface area (Å²) in [7, 11) is 0. The molecule has 0 atom stereocenters. The number of fused-ring (bicyclic) bond motifs is 1. The molecule has 0 saturated heterocycles. The van der Waals surface area contributed by atoms with E-state index in [2.05, 4.69) is 5.43 Å². The summed E-state index contributed by atoms with van der Waals surface area (Å²) in [5.41, 5.74) is 8.35. The number of ether oxygens (including phenoxy) is 1. The van der Waals surface area contributed by atoms with Crippen LogP contribution in [-0.4, -0.2) is 23.5 Å². The van der Waals surface area contributed by atoms with Gasteiger partial charge < -0.3 is 10.5 Å². The summed E-state index contributed by atoms with van der Waals surface area (Å²) in [4.78, 5) is 35.0. The van der Waals surface area contributed by atoms with E-state index in [-0.39, 0.29) is 12.3 Å². The van der Waals surface area contributed by atoms with Crippen molar-refractivity contribution in [3.8, 4) is 0 Å². The van der Waals surface area contributed by atoms with Gasteiger partial charge in [0.2, 0.25) is 11.8 Å². The SMILES string of the molecule is CC(C)(CCC(N)=O)OC(=O)NN1C(=O)CCc2ccccc21. The number of rotatable bonds is 5. The van der Waals surface area contributed by atoms with Gasteiger partial charge in [0, 0.05) is 12.8 Å². The maximum atomic E-state index is 12.1. The lowest BCUT2D eigenvalue weighted by Crippen LogP contribution is -2.50. The first kappa shape index (κ1) is 16.8. The lowest BCUT2D eigenvalue weighted by molar-refractivity contribution is -0.119. The predicted octanol–water partition coefficient (Wildman–Crippen LogP) is 1.65. The molecule has 0 unspecified atom stereocenters. The van der Waals surface area contributed by atoms with Gasteiger partial charge in [-0.1, -0.05) is 18.2 Å². The molecule has 0 bridgehead atoms. The van der Waals surface area contributed by atoms with E-state index in [1.165, 1.54) is 5.01 Å². The Morgan fingerprint density at radius 1 is 1.30 bits per heavy atom. The molecule has 0 fully saturated rings. The van der Waals surface area contributed by atoms with Gasteiger partial charge in [0.05, 0.1) is 5.69 Å². The number of hydrogen-bond donors (Lipinski definition) is 2. The maximum Gasteiger partial charge on any atom is 0.427 e. The monoisotopic (exact) mass is 319 g/mol. The van der Waals surface area contributed by atoms with Crippen LogP contribution in [0.25, 0.3) is 0 Å². The molecule has 1 aromatic rings. The van der Waals surface area contributed by atoms with Crippen LogP contribution in [0.5, 0.6) is 0 Å². The molecule has 23 heavy (non-hydrogen) atoms. The van der Waals surface area contributed by atoms with Gasteiger partial charge in [-0.15, -0.1) is 0 Å². The van der Waals surface area contributed by atoms with Gasteiger partial charge in [-0.2, -0.15) is 0 Å². The fourth-order valence-corrected chi connectivity index (χ4v) is 2.39. The molecule has 1 aromatic carbocycles. The summed E-state index contributed by atoms with van der Waals surface area (Å²) in [6.07, 6.45) is 0.644. The van der Waals surface area contributed by atoms with Gasteiger partial charge in [0.1, 0.15) is 5.60 Å². The van der Waals surface area contributed by atoms with Crippen LogP contribution in [0.4, 0.5) is 10.5 Å². The average molecular weight is 319 g/mol. The molecule has 3 amide bonds. The van der Waals surface area contributed by atoms with Crippen molar-refractivity contribution in [2.24, 2.45) is 5.73 Å². The quantitative estimate of drug-likeness (QED) is 0.861. The number of carbonyl (C=O) groups excluding carboxylic acids is 3. The standard InChI is InChI=1S/C16H21N3O4/c1-16(2,10-9-13(17)20)23-15(22)18-19-12-6-4-3-5-11(12)7-8-14(19)21/h3-6H,7-10H2,1-2H3,(H2,17,20)(H,18,22). The highest BCUT2D eigenvalue weighted by Crippen LogP contribution is 2.26. The van der Waals surface area contributed by atoms with E-state index in [4.69, 9.17) is 10.5 Å². The van der Waals surface area contributed by atoms with Crippen molar-refractivity contribution in [1.29, 1.82) is 0 Å². The number of benzene rings is 1. The van der Waals surface area contributed by atoms with Gasteiger partial charge in [-0.25, -0.2) is 15.2 Å². The van der Waals surface area contributed by atoms with Crippen molar-refractivity contribution in [1.82, 2.24) is 5.43 Å². The van der Waals surface area contributed by atoms with Gasteiger partial charge >= 0.3 is 6.09 Å². The Bertz CT molecular complexity index is 628. The van der Waals surface area contributed by atoms with Crippen LogP contribution in [0, 0.1) is 0 Å². The highest BCUT2D eigenvalue weighted by atomic mass is 16.6. The molecule has 1 heterocycles. The van der Waals surface area contributed by atoms with Crippen molar-refractivity contribution < 1.29 is 19.1 Å². The van der Waals surface area contributed by atoms with E-state index in [1.807, 2.05) is 12.1 Å². The molecular weight excluding hydrogens is 298 g/mol. The number of amides is 3. The van der Waals surface area contributed by atoms with Gasteiger partial charge in [0.15, 0.2) is 0 Å². The van der Waals surface area contributed by atoms with E-state index < -0.39 is 17.6 Å². The van der Waals surface area contributed by atoms with Gasteiger partial charge in [0.25, 0.3) is 0 Å². The number of primary amides is 1. The third kappa shape index (κ3) is 4.45. The fraction of sp³-hybridized carbons (Fsp3) is 0.438. The number of carbonyl (C=O) groups is 3. The first-order valence-corrected chi connectivity index (χ1v) is 7.47. The Balaban J connectivity index is 2.02. The van der Waals surface area contributed by atoms with E-state index in [0.29, 0.717) is 24.9 Å². The summed E-state index contributed by atoms with van der Waals surface area (Å²) in [6.45, 7) is 3.36. The fourth-order valence-electron chi connectivity index (χ4n) is 2.39. The number of para-hydroxylation sites is 1. The summed E-state index contributed by atoms with van der Waals surface area (Å²) in [5.74, 6) is -0.655. The molecule has 0 spiro atoms. The molecule has 3 N–H and O–H groups in total. The Morgan fingerprint density at radius 2 is 2.00 bits per heavy atom. The second-order valence-corrected chi connectivity index (χ2v) is 6.09. The number of nitrogens with zero attached hydrogens (tertiary/aromatic N) is 1. The largest absolute Gasteiger partial charge is 0.442 e. The van der Waals surface area contributed by atoms with E-state index in [1.54, 1.807) is 26.0 Å². The molecule has 0 aromatic heterocycles. The minimum Gasteiger partial charge on any atom is -0.442 e. The first-order chi connectivity index (χ1) is 10.8. The summed E-state index contributed by atoms with van der Waals surface area (Å²) < 4.78 is 5.30. The van der Waals surface area contributed by atoms with Crippen molar-refractivity contribution in [2.45, 2.75) is 45.1 Å². The summed E-state index contributed by atoms with van der Waals surface area (Å²) in [5, 5.41) is 1.21. The van der Waals surface area contributed by atoms with Crippen LogP contribution >= 0.6 is 0 Å². The number of nitrogens with one attached hydrogen (secondary N) is 1. The van der Waals surface area contributed by atoms with E-state index in [0.717, 1.165) is 5.56 Å². The zero-order chi connectivity index (χ0) is 17.0. The lowest BCUT2D eigenvalue weighted by atomic mass is 10.0. The summed E-state index contributed by atoms with van der Waals surface area (Å²) in [6, 6.07) is 7.37. The molecule has 1 aliphatic rings. The third-order valence-corrected chi connectivity index (χ3v) is 3.64. The highest BCUT2D eigenvalue weighted by Gasteiger charge is 2.29. The highest BCUT2D eigenvalue weighted by molar-refractivity contribution is 5.98. The molecule has 0 saturated carbocycles. The Labute approximate surface area is 134 Å². The predicted molar refractivity (Wildman–Crippen MR) is 84.4 cm³/mol. The number of aryl methyl sites for hydroxylation is 1. The number of hydrazine groups is 1. The summed E-state index contributed by atoms with van der Waals surface area (Å²) >= 11 is 0. The zero-order valence-corrected chi connectivity index (χ0v) is 13.3.